The maximum Gasteiger partial charge on any atom is 0.0931 e. The Labute approximate surface area is 122 Å². The summed E-state index contributed by atoms with van der Waals surface area (Å²) < 4.78 is 1.77. The number of halogens is 2. The predicted molar refractivity (Wildman–Crippen MR) is 81.6 cm³/mol. The Morgan fingerprint density at radius 2 is 2.24 bits per heavy atom. The van der Waals surface area contributed by atoms with Crippen LogP contribution in [0.1, 0.15) is 15.8 Å². The molecule has 17 heavy (non-hydrogen) atoms. The first-order valence-corrected chi connectivity index (χ1v) is 7.89. The van der Waals surface area contributed by atoms with Crippen molar-refractivity contribution in [2.75, 3.05) is 6.54 Å². The zero-order valence-electron chi connectivity index (χ0n) is 8.95. The minimum atomic E-state index is 0.196. The molecule has 2 aromatic heterocycles. The van der Waals surface area contributed by atoms with Gasteiger partial charge in [0.1, 0.15) is 0 Å². The Morgan fingerprint density at radius 1 is 1.41 bits per heavy atom. The monoisotopic (exact) mass is 347 g/mol. The maximum atomic E-state index is 6.00. The van der Waals surface area contributed by atoms with Gasteiger partial charge in [0.25, 0.3) is 0 Å². The van der Waals surface area contributed by atoms with E-state index in [-0.39, 0.29) is 6.04 Å². The Bertz CT molecular complexity index is 492. The van der Waals surface area contributed by atoms with Crippen LogP contribution in [0.25, 0.3) is 0 Å². The molecular weight excluding hydrogens is 338 g/mol. The molecule has 2 rings (SSSR count). The molecule has 2 heterocycles. The van der Waals surface area contributed by atoms with Gasteiger partial charge in [-0.1, -0.05) is 40.2 Å². The highest BCUT2D eigenvalue weighted by Gasteiger charge is 2.16. The van der Waals surface area contributed by atoms with E-state index in [1.165, 1.54) is 9.75 Å². The molecule has 1 nitrogen and oxygen atoms in total. The van der Waals surface area contributed by atoms with Gasteiger partial charge in [-0.05, 0) is 23.6 Å². The van der Waals surface area contributed by atoms with E-state index in [0.29, 0.717) is 0 Å². The second-order valence-corrected chi connectivity index (χ2v) is 7.34. The Hall–Kier alpha value is -0.130. The summed E-state index contributed by atoms with van der Waals surface area (Å²) >= 11 is 12.7. The zero-order valence-corrected chi connectivity index (χ0v) is 12.9. The summed E-state index contributed by atoms with van der Waals surface area (Å²) in [7, 11) is 0. The Kier molecular flexibility index (Phi) is 4.82. The van der Waals surface area contributed by atoms with Crippen LogP contribution in [0.2, 0.25) is 4.34 Å². The lowest BCUT2D eigenvalue weighted by molar-refractivity contribution is 0.671. The van der Waals surface area contributed by atoms with Gasteiger partial charge in [-0.2, -0.15) is 0 Å². The number of thiophene rings is 2. The summed E-state index contributed by atoms with van der Waals surface area (Å²) in [5.41, 5.74) is 0. The largest absolute Gasteiger partial charge is 0.300 e. The molecule has 0 aliphatic rings. The molecule has 0 saturated heterocycles. The van der Waals surface area contributed by atoms with Crippen LogP contribution in [0.15, 0.2) is 40.7 Å². The van der Waals surface area contributed by atoms with Gasteiger partial charge in [0, 0.05) is 20.8 Å². The third-order valence-electron chi connectivity index (χ3n) is 2.20. The fourth-order valence-corrected chi connectivity index (χ4v) is 3.70. The fraction of sp³-hybridized carbons (Fsp3) is 0.167. The topological polar surface area (TPSA) is 12.0 Å². The van der Waals surface area contributed by atoms with Crippen molar-refractivity contribution in [2.24, 2.45) is 0 Å². The fourth-order valence-electron chi connectivity index (χ4n) is 1.49. The molecule has 0 aromatic carbocycles. The number of hydrogen-bond acceptors (Lipinski definition) is 3. The molecule has 1 atom stereocenters. The Morgan fingerprint density at radius 3 is 2.76 bits per heavy atom. The van der Waals surface area contributed by atoms with Gasteiger partial charge >= 0.3 is 0 Å². The first-order chi connectivity index (χ1) is 8.16. The van der Waals surface area contributed by atoms with E-state index in [4.69, 9.17) is 11.6 Å². The molecule has 90 valence electrons. The third-order valence-corrected chi connectivity index (χ3v) is 4.72. The molecule has 0 aliphatic heterocycles. The molecule has 5 heteroatoms. The highest BCUT2D eigenvalue weighted by Crippen LogP contribution is 2.33. The van der Waals surface area contributed by atoms with E-state index in [1.807, 2.05) is 6.07 Å². The average Bonchev–Trinajstić information content (AvgIpc) is 2.90. The van der Waals surface area contributed by atoms with Crippen LogP contribution in [0.3, 0.4) is 0 Å². The van der Waals surface area contributed by atoms with E-state index in [1.54, 1.807) is 22.7 Å². The molecule has 0 saturated carbocycles. The lowest BCUT2D eigenvalue weighted by atomic mass is 10.2. The van der Waals surface area contributed by atoms with Crippen LogP contribution in [0.4, 0.5) is 0 Å². The smallest absolute Gasteiger partial charge is 0.0931 e. The summed E-state index contributed by atoms with van der Waals surface area (Å²) in [5.74, 6) is 0. The van der Waals surface area contributed by atoms with Gasteiger partial charge in [-0.3, -0.25) is 0 Å². The van der Waals surface area contributed by atoms with Crippen molar-refractivity contribution in [1.82, 2.24) is 5.32 Å². The minimum Gasteiger partial charge on any atom is -0.300 e. The zero-order chi connectivity index (χ0) is 12.3. The van der Waals surface area contributed by atoms with Crippen molar-refractivity contribution in [1.29, 1.82) is 0 Å². The van der Waals surface area contributed by atoms with Crippen molar-refractivity contribution < 1.29 is 0 Å². The number of hydrogen-bond donors (Lipinski definition) is 1. The molecule has 0 amide bonds. The van der Waals surface area contributed by atoms with Gasteiger partial charge in [0.2, 0.25) is 0 Å². The van der Waals surface area contributed by atoms with Crippen LogP contribution in [0.5, 0.6) is 0 Å². The van der Waals surface area contributed by atoms with Crippen molar-refractivity contribution >= 4 is 50.2 Å². The summed E-state index contributed by atoms with van der Waals surface area (Å²) in [6, 6.07) is 8.40. The molecular formula is C12H11BrClNS2. The molecule has 2 aromatic rings. The lowest BCUT2D eigenvalue weighted by Crippen LogP contribution is -2.21. The number of nitrogens with one attached hydrogen (secondary N) is 1. The summed E-state index contributed by atoms with van der Waals surface area (Å²) in [4.78, 5) is 2.52. The molecule has 0 fully saturated rings. The van der Waals surface area contributed by atoms with E-state index < -0.39 is 0 Å². The van der Waals surface area contributed by atoms with E-state index in [2.05, 4.69) is 51.4 Å². The van der Waals surface area contributed by atoms with Crippen LogP contribution >= 0.6 is 50.2 Å². The maximum absolute atomic E-state index is 6.00. The van der Waals surface area contributed by atoms with E-state index >= 15 is 0 Å². The summed E-state index contributed by atoms with van der Waals surface area (Å²) in [6.45, 7) is 4.58. The SMILES string of the molecule is C=C(Br)CNC(c1cccs1)c1ccc(Cl)s1. The standard InChI is InChI=1S/C12H11BrClNS2/c1-8(13)7-15-12(9-3-2-6-16-9)10-4-5-11(14)17-10/h2-6,12,15H,1,7H2. The second-order valence-electron chi connectivity index (χ2n) is 3.49. The first-order valence-electron chi connectivity index (χ1n) is 5.02. The lowest BCUT2D eigenvalue weighted by Gasteiger charge is -2.15. The van der Waals surface area contributed by atoms with Crippen LogP contribution in [-0.4, -0.2) is 6.54 Å². The van der Waals surface area contributed by atoms with Crippen LogP contribution in [-0.2, 0) is 0 Å². The van der Waals surface area contributed by atoms with E-state index in [0.717, 1.165) is 15.4 Å². The number of rotatable bonds is 5. The highest BCUT2D eigenvalue weighted by molar-refractivity contribution is 9.11. The van der Waals surface area contributed by atoms with Crippen molar-refractivity contribution in [3.63, 3.8) is 0 Å². The molecule has 0 radical (unpaired) electrons. The normalized spacial score (nSPS) is 12.6. The minimum absolute atomic E-state index is 0.196. The van der Waals surface area contributed by atoms with E-state index in [9.17, 15) is 0 Å². The van der Waals surface area contributed by atoms with Crippen molar-refractivity contribution in [3.8, 4) is 0 Å². The molecule has 0 spiro atoms. The first kappa shape index (κ1) is 13.3. The molecule has 0 bridgehead atoms. The van der Waals surface area contributed by atoms with Crippen molar-refractivity contribution in [3.05, 3.63) is 54.8 Å². The summed E-state index contributed by atoms with van der Waals surface area (Å²) in [5, 5.41) is 5.55. The van der Waals surface area contributed by atoms with Crippen LogP contribution in [0, 0.1) is 0 Å². The molecule has 0 aliphatic carbocycles. The Balaban J connectivity index is 2.21. The average molecular weight is 349 g/mol. The molecule has 1 unspecified atom stereocenters. The third kappa shape index (κ3) is 3.66. The summed E-state index contributed by atoms with van der Waals surface area (Å²) in [6.07, 6.45) is 0. The van der Waals surface area contributed by atoms with Gasteiger partial charge in [0.15, 0.2) is 0 Å². The predicted octanol–water partition coefficient (Wildman–Crippen LogP) is 5.05. The molecule has 1 N–H and O–H groups in total. The van der Waals surface area contributed by atoms with Crippen LogP contribution < -0.4 is 5.32 Å². The van der Waals surface area contributed by atoms with Gasteiger partial charge in [-0.15, -0.1) is 22.7 Å². The quantitative estimate of drug-likeness (QED) is 0.797. The van der Waals surface area contributed by atoms with Crippen molar-refractivity contribution in [2.45, 2.75) is 6.04 Å². The highest BCUT2D eigenvalue weighted by atomic mass is 79.9. The van der Waals surface area contributed by atoms with Gasteiger partial charge in [0.05, 0.1) is 10.4 Å². The second kappa shape index (κ2) is 6.16. The van der Waals surface area contributed by atoms with Gasteiger partial charge in [-0.25, -0.2) is 0 Å². The van der Waals surface area contributed by atoms with Gasteiger partial charge < -0.3 is 5.32 Å².